The highest BCUT2D eigenvalue weighted by molar-refractivity contribution is 6.30. The summed E-state index contributed by atoms with van der Waals surface area (Å²) >= 11 is 5.79. The highest BCUT2D eigenvalue weighted by Crippen LogP contribution is 2.21. The van der Waals surface area contributed by atoms with E-state index in [9.17, 15) is 9.59 Å². The van der Waals surface area contributed by atoms with E-state index in [-0.39, 0.29) is 30.9 Å². The molecule has 1 aromatic rings. The molecule has 1 aliphatic heterocycles. The molecule has 0 aliphatic carbocycles. The van der Waals surface area contributed by atoms with Crippen molar-refractivity contribution < 1.29 is 14.3 Å². The van der Waals surface area contributed by atoms with Gasteiger partial charge in [-0.2, -0.15) is 0 Å². The van der Waals surface area contributed by atoms with E-state index in [1.54, 1.807) is 24.3 Å². The number of carbonyl (C=O) groups excluding carboxylic acids is 2. The Morgan fingerprint density at radius 3 is 2.63 bits per heavy atom. The molecule has 1 aliphatic rings. The average Bonchev–Trinajstić information content (AvgIpc) is 2.74. The Morgan fingerprint density at radius 1 is 1.42 bits per heavy atom. The molecule has 102 valence electrons. The van der Waals surface area contributed by atoms with Crippen molar-refractivity contribution in [2.75, 3.05) is 6.61 Å². The normalized spacial score (nSPS) is 18.8. The lowest BCUT2D eigenvalue weighted by Crippen LogP contribution is -2.42. The lowest BCUT2D eigenvalue weighted by molar-refractivity contribution is -0.129. The SMILES string of the molecule is CC(C)C1COC(=O)N1C(=O)Cc1ccc(Cl)cc1. The summed E-state index contributed by atoms with van der Waals surface area (Å²) in [6.07, 6.45) is -0.368. The van der Waals surface area contributed by atoms with Gasteiger partial charge in [0.1, 0.15) is 6.61 Å². The van der Waals surface area contributed by atoms with Crippen LogP contribution in [-0.4, -0.2) is 29.5 Å². The van der Waals surface area contributed by atoms with Gasteiger partial charge in [0.25, 0.3) is 0 Å². The summed E-state index contributed by atoms with van der Waals surface area (Å²) < 4.78 is 4.96. The van der Waals surface area contributed by atoms with Crippen LogP contribution in [0, 0.1) is 5.92 Å². The summed E-state index contributed by atoms with van der Waals surface area (Å²) in [7, 11) is 0. The second-order valence-corrected chi connectivity index (χ2v) is 5.39. The lowest BCUT2D eigenvalue weighted by atomic mass is 10.0. The first-order valence-electron chi connectivity index (χ1n) is 6.22. The molecule has 0 saturated carbocycles. The third-order valence-electron chi connectivity index (χ3n) is 3.21. The van der Waals surface area contributed by atoms with Gasteiger partial charge < -0.3 is 4.74 Å². The van der Waals surface area contributed by atoms with E-state index < -0.39 is 6.09 Å². The summed E-state index contributed by atoms with van der Waals surface area (Å²) in [5.41, 5.74) is 0.830. The average molecular weight is 282 g/mol. The second-order valence-electron chi connectivity index (χ2n) is 4.96. The molecule has 0 radical (unpaired) electrons. The number of benzene rings is 1. The van der Waals surface area contributed by atoms with Gasteiger partial charge in [0, 0.05) is 5.02 Å². The number of imide groups is 1. The molecule has 0 N–H and O–H groups in total. The zero-order valence-electron chi connectivity index (χ0n) is 10.9. The maximum absolute atomic E-state index is 12.2. The molecule has 2 rings (SSSR count). The summed E-state index contributed by atoms with van der Waals surface area (Å²) in [6.45, 7) is 4.22. The fourth-order valence-corrected chi connectivity index (χ4v) is 2.20. The van der Waals surface area contributed by atoms with Crippen LogP contribution in [0.2, 0.25) is 5.02 Å². The van der Waals surface area contributed by atoms with Gasteiger partial charge in [-0.1, -0.05) is 37.6 Å². The van der Waals surface area contributed by atoms with Gasteiger partial charge in [-0.05, 0) is 23.6 Å². The van der Waals surface area contributed by atoms with Gasteiger partial charge in [0.2, 0.25) is 5.91 Å². The minimum absolute atomic E-state index is 0.174. The molecule has 1 saturated heterocycles. The fourth-order valence-electron chi connectivity index (χ4n) is 2.08. The summed E-state index contributed by atoms with van der Waals surface area (Å²) in [5, 5.41) is 0.622. The topological polar surface area (TPSA) is 46.6 Å². The molecule has 1 heterocycles. The quantitative estimate of drug-likeness (QED) is 0.856. The number of nitrogens with zero attached hydrogens (tertiary/aromatic N) is 1. The number of hydrogen-bond acceptors (Lipinski definition) is 3. The van der Waals surface area contributed by atoms with Crippen molar-refractivity contribution in [2.24, 2.45) is 5.92 Å². The van der Waals surface area contributed by atoms with Crippen molar-refractivity contribution in [3.8, 4) is 0 Å². The number of carbonyl (C=O) groups is 2. The monoisotopic (exact) mass is 281 g/mol. The Morgan fingerprint density at radius 2 is 2.05 bits per heavy atom. The van der Waals surface area contributed by atoms with Crippen LogP contribution in [0.25, 0.3) is 0 Å². The Bertz CT molecular complexity index is 484. The highest BCUT2D eigenvalue weighted by atomic mass is 35.5. The van der Waals surface area contributed by atoms with Crippen LogP contribution in [0.1, 0.15) is 19.4 Å². The van der Waals surface area contributed by atoms with Crippen LogP contribution in [0.15, 0.2) is 24.3 Å². The Labute approximate surface area is 117 Å². The predicted octanol–water partition coefficient (Wildman–Crippen LogP) is 2.89. The number of amides is 2. The van der Waals surface area contributed by atoms with Crippen LogP contribution < -0.4 is 0 Å². The fraction of sp³-hybridized carbons (Fsp3) is 0.429. The Hall–Kier alpha value is -1.55. The molecule has 2 amide bonds. The van der Waals surface area contributed by atoms with E-state index in [0.29, 0.717) is 5.02 Å². The van der Waals surface area contributed by atoms with Crippen molar-refractivity contribution in [1.29, 1.82) is 0 Å². The van der Waals surface area contributed by atoms with Gasteiger partial charge in [-0.25, -0.2) is 9.69 Å². The number of ether oxygens (including phenoxy) is 1. The van der Waals surface area contributed by atoms with Crippen LogP contribution in [0.4, 0.5) is 4.79 Å². The first-order valence-corrected chi connectivity index (χ1v) is 6.60. The smallest absolute Gasteiger partial charge is 0.416 e. The van der Waals surface area contributed by atoms with Gasteiger partial charge in [-0.15, -0.1) is 0 Å². The van der Waals surface area contributed by atoms with Crippen molar-refractivity contribution in [1.82, 2.24) is 4.90 Å². The lowest BCUT2D eigenvalue weighted by Gasteiger charge is -2.22. The third-order valence-corrected chi connectivity index (χ3v) is 3.46. The minimum Gasteiger partial charge on any atom is -0.447 e. The molecule has 5 heteroatoms. The first-order chi connectivity index (χ1) is 8.99. The number of rotatable bonds is 3. The van der Waals surface area contributed by atoms with E-state index in [4.69, 9.17) is 16.3 Å². The van der Waals surface area contributed by atoms with E-state index in [1.165, 1.54) is 4.90 Å². The molecular weight excluding hydrogens is 266 g/mol. The molecule has 1 atom stereocenters. The molecule has 0 spiro atoms. The molecular formula is C14H16ClNO3. The number of halogens is 1. The van der Waals surface area contributed by atoms with E-state index in [0.717, 1.165) is 5.56 Å². The van der Waals surface area contributed by atoms with Gasteiger partial charge in [0.05, 0.1) is 12.5 Å². The largest absolute Gasteiger partial charge is 0.447 e. The number of hydrogen-bond donors (Lipinski definition) is 0. The van der Waals surface area contributed by atoms with Crippen molar-refractivity contribution in [3.63, 3.8) is 0 Å². The van der Waals surface area contributed by atoms with Crippen LogP contribution in [0.3, 0.4) is 0 Å². The standard InChI is InChI=1S/C14H16ClNO3/c1-9(2)12-8-19-14(18)16(12)13(17)7-10-3-5-11(15)6-4-10/h3-6,9,12H,7-8H2,1-2H3. The van der Waals surface area contributed by atoms with Crippen molar-refractivity contribution in [3.05, 3.63) is 34.9 Å². The molecule has 19 heavy (non-hydrogen) atoms. The Balaban J connectivity index is 2.10. The van der Waals surface area contributed by atoms with E-state index in [2.05, 4.69) is 0 Å². The van der Waals surface area contributed by atoms with Crippen molar-refractivity contribution in [2.45, 2.75) is 26.3 Å². The van der Waals surface area contributed by atoms with E-state index >= 15 is 0 Å². The summed E-state index contributed by atoms with van der Waals surface area (Å²) in [6, 6.07) is 6.85. The summed E-state index contributed by atoms with van der Waals surface area (Å²) in [4.78, 5) is 25.1. The summed E-state index contributed by atoms with van der Waals surface area (Å²) in [5.74, 6) is -0.0517. The maximum Gasteiger partial charge on any atom is 0.416 e. The molecule has 4 nitrogen and oxygen atoms in total. The molecule has 1 unspecified atom stereocenters. The molecule has 1 aromatic carbocycles. The third kappa shape index (κ3) is 3.07. The van der Waals surface area contributed by atoms with Gasteiger partial charge >= 0.3 is 6.09 Å². The predicted molar refractivity (Wildman–Crippen MR) is 72.0 cm³/mol. The van der Waals surface area contributed by atoms with Gasteiger partial charge in [0.15, 0.2) is 0 Å². The van der Waals surface area contributed by atoms with Crippen LogP contribution in [-0.2, 0) is 16.0 Å². The molecule has 0 bridgehead atoms. The first kappa shape index (κ1) is 13.9. The molecule has 1 fully saturated rings. The Kier molecular flexibility index (Phi) is 4.10. The van der Waals surface area contributed by atoms with Crippen molar-refractivity contribution >= 4 is 23.6 Å². The van der Waals surface area contributed by atoms with Crippen LogP contribution in [0.5, 0.6) is 0 Å². The van der Waals surface area contributed by atoms with E-state index in [1.807, 2.05) is 13.8 Å². The number of cyclic esters (lactones) is 1. The highest BCUT2D eigenvalue weighted by Gasteiger charge is 2.39. The second kappa shape index (κ2) is 5.61. The molecule has 0 aromatic heterocycles. The van der Waals surface area contributed by atoms with Crippen LogP contribution >= 0.6 is 11.6 Å². The zero-order chi connectivity index (χ0) is 14.0. The zero-order valence-corrected chi connectivity index (χ0v) is 11.7. The maximum atomic E-state index is 12.2. The van der Waals surface area contributed by atoms with Gasteiger partial charge in [-0.3, -0.25) is 4.79 Å². The minimum atomic E-state index is -0.544.